The molecule has 0 unspecified atom stereocenters. The van der Waals surface area contributed by atoms with Gasteiger partial charge in [-0.05, 0) is 61.2 Å². The van der Waals surface area contributed by atoms with Crippen molar-refractivity contribution in [1.29, 1.82) is 0 Å². The second kappa shape index (κ2) is 4.13. The third-order valence-corrected chi connectivity index (χ3v) is 3.03. The minimum atomic E-state index is 0.273. The molecule has 0 aromatic heterocycles. The van der Waals surface area contributed by atoms with Crippen LogP contribution in [0.4, 0.5) is 0 Å². The second-order valence-electron chi connectivity index (χ2n) is 4.43. The second-order valence-corrected chi connectivity index (χ2v) is 4.43. The molecule has 2 N–H and O–H groups in total. The van der Waals surface area contributed by atoms with Crippen molar-refractivity contribution in [3.63, 3.8) is 0 Å². The van der Waals surface area contributed by atoms with Gasteiger partial charge in [0.15, 0.2) is 0 Å². The van der Waals surface area contributed by atoms with Crippen molar-refractivity contribution >= 4 is 0 Å². The highest BCUT2D eigenvalue weighted by Gasteiger charge is 2.10. The van der Waals surface area contributed by atoms with E-state index in [1.165, 1.54) is 0 Å². The normalized spacial score (nSPS) is 10.5. The molecule has 2 aromatic rings. The van der Waals surface area contributed by atoms with E-state index in [4.69, 9.17) is 0 Å². The Morgan fingerprint density at radius 3 is 1.94 bits per heavy atom. The number of phenolic OH excluding ortho intramolecular Hbond substituents is 2. The van der Waals surface area contributed by atoms with Crippen LogP contribution in [0.2, 0.25) is 0 Å². The van der Waals surface area contributed by atoms with Crippen molar-refractivity contribution < 1.29 is 10.2 Å². The van der Waals surface area contributed by atoms with Gasteiger partial charge >= 0.3 is 0 Å². The number of hydrogen-bond donors (Lipinski definition) is 2. The minimum Gasteiger partial charge on any atom is -0.507 e. The molecule has 2 rings (SSSR count). The molecule has 0 fully saturated rings. The van der Waals surface area contributed by atoms with Gasteiger partial charge in [-0.2, -0.15) is 0 Å². The molecule has 0 amide bonds. The largest absolute Gasteiger partial charge is 0.507 e. The molecule has 0 aliphatic rings. The van der Waals surface area contributed by atoms with Gasteiger partial charge < -0.3 is 10.2 Å². The van der Waals surface area contributed by atoms with Crippen LogP contribution < -0.4 is 0 Å². The van der Waals surface area contributed by atoms with Gasteiger partial charge in [0.2, 0.25) is 0 Å². The third kappa shape index (κ3) is 1.98. The summed E-state index contributed by atoms with van der Waals surface area (Å²) in [5.41, 5.74) is 4.44. The van der Waals surface area contributed by atoms with E-state index in [1.54, 1.807) is 6.07 Å². The van der Waals surface area contributed by atoms with Gasteiger partial charge in [0.05, 0.1) is 0 Å². The molecule has 0 bridgehead atoms. The maximum atomic E-state index is 9.93. The highest BCUT2D eigenvalue weighted by atomic mass is 16.3. The molecule has 2 aromatic carbocycles. The Hall–Kier alpha value is -1.96. The minimum absolute atomic E-state index is 0.273. The first kappa shape index (κ1) is 11.5. The van der Waals surface area contributed by atoms with Crippen LogP contribution in [0.25, 0.3) is 11.1 Å². The summed E-state index contributed by atoms with van der Waals surface area (Å²) in [5.74, 6) is 0.594. The lowest BCUT2D eigenvalue weighted by Gasteiger charge is -2.12. The van der Waals surface area contributed by atoms with Crippen LogP contribution >= 0.6 is 0 Å². The van der Waals surface area contributed by atoms with E-state index in [1.807, 2.05) is 45.0 Å². The van der Waals surface area contributed by atoms with Crippen LogP contribution in [0.3, 0.4) is 0 Å². The molecule has 2 nitrogen and oxygen atoms in total. The number of aryl methyl sites for hydroxylation is 3. The lowest BCUT2D eigenvalue weighted by molar-refractivity contribution is 0.466. The number of phenols is 2. The highest BCUT2D eigenvalue weighted by molar-refractivity contribution is 5.75. The Bertz CT molecular complexity index is 528. The molecule has 17 heavy (non-hydrogen) atoms. The Morgan fingerprint density at radius 1 is 0.824 bits per heavy atom. The fourth-order valence-corrected chi connectivity index (χ4v) is 2.13. The van der Waals surface area contributed by atoms with Gasteiger partial charge in [0.25, 0.3) is 0 Å². The van der Waals surface area contributed by atoms with Crippen molar-refractivity contribution in [2.75, 3.05) is 0 Å². The van der Waals surface area contributed by atoms with Crippen molar-refractivity contribution in [2.24, 2.45) is 0 Å². The Morgan fingerprint density at radius 2 is 1.41 bits per heavy atom. The molecule has 2 heteroatoms. The zero-order valence-electron chi connectivity index (χ0n) is 10.3. The van der Waals surface area contributed by atoms with Crippen LogP contribution in [-0.2, 0) is 0 Å². The fraction of sp³-hybridized carbons (Fsp3) is 0.200. The molecule has 0 radical (unpaired) electrons. The summed E-state index contributed by atoms with van der Waals surface area (Å²) in [6.07, 6.45) is 0. The van der Waals surface area contributed by atoms with Crippen LogP contribution in [0, 0.1) is 20.8 Å². The lowest BCUT2D eigenvalue weighted by Crippen LogP contribution is -1.88. The van der Waals surface area contributed by atoms with Crippen LogP contribution in [0.1, 0.15) is 16.7 Å². The van der Waals surface area contributed by atoms with Gasteiger partial charge in [0, 0.05) is 5.56 Å². The number of aromatic hydroxyl groups is 2. The molecule has 0 heterocycles. The van der Waals surface area contributed by atoms with E-state index < -0.39 is 0 Å². The lowest BCUT2D eigenvalue weighted by atomic mass is 9.96. The predicted molar refractivity (Wildman–Crippen MR) is 69.4 cm³/mol. The average Bonchev–Trinajstić information content (AvgIpc) is 2.25. The van der Waals surface area contributed by atoms with Crippen molar-refractivity contribution in [1.82, 2.24) is 0 Å². The van der Waals surface area contributed by atoms with Crippen molar-refractivity contribution in [2.45, 2.75) is 20.8 Å². The van der Waals surface area contributed by atoms with E-state index >= 15 is 0 Å². The fourth-order valence-electron chi connectivity index (χ4n) is 2.13. The van der Waals surface area contributed by atoms with Crippen molar-refractivity contribution in [3.05, 3.63) is 47.0 Å². The standard InChI is InChI=1S/C15H16O2/c1-9-5-4-6-13(16)14(9)12-7-10(2)15(17)11(3)8-12/h4-8,16-17H,1-3H3. The quantitative estimate of drug-likeness (QED) is 0.781. The van der Waals surface area contributed by atoms with Crippen LogP contribution in [0.5, 0.6) is 11.5 Å². The third-order valence-electron chi connectivity index (χ3n) is 3.03. The Kier molecular flexibility index (Phi) is 2.80. The first-order chi connectivity index (χ1) is 8.00. The van der Waals surface area contributed by atoms with Gasteiger partial charge in [-0.25, -0.2) is 0 Å². The van der Waals surface area contributed by atoms with Crippen LogP contribution in [-0.4, -0.2) is 10.2 Å². The Labute approximate surface area is 101 Å². The highest BCUT2D eigenvalue weighted by Crippen LogP contribution is 2.35. The van der Waals surface area contributed by atoms with Gasteiger partial charge in [-0.1, -0.05) is 12.1 Å². The van der Waals surface area contributed by atoms with Gasteiger partial charge in [0.1, 0.15) is 11.5 Å². The van der Waals surface area contributed by atoms with Gasteiger partial charge in [-0.3, -0.25) is 0 Å². The zero-order chi connectivity index (χ0) is 12.6. The average molecular weight is 228 g/mol. The summed E-state index contributed by atoms with van der Waals surface area (Å²) in [6, 6.07) is 9.26. The topological polar surface area (TPSA) is 40.5 Å². The summed E-state index contributed by atoms with van der Waals surface area (Å²) in [6.45, 7) is 5.69. The summed E-state index contributed by atoms with van der Waals surface area (Å²) >= 11 is 0. The smallest absolute Gasteiger partial charge is 0.123 e. The first-order valence-electron chi connectivity index (χ1n) is 5.60. The molecular formula is C15H16O2. The maximum absolute atomic E-state index is 9.93. The predicted octanol–water partition coefficient (Wildman–Crippen LogP) is 3.69. The maximum Gasteiger partial charge on any atom is 0.123 e. The van der Waals surface area contributed by atoms with Gasteiger partial charge in [-0.15, -0.1) is 0 Å². The molecule has 88 valence electrons. The molecular weight excluding hydrogens is 212 g/mol. The van der Waals surface area contributed by atoms with E-state index in [0.717, 1.165) is 27.8 Å². The number of benzene rings is 2. The molecule has 0 saturated carbocycles. The zero-order valence-corrected chi connectivity index (χ0v) is 10.3. The molecule has 0 atom stereocenters. The summed E-state index contributed by atoms with van der Waals surface area (Å²) in [7, 11) is 0. The van der Waals surface area contributed by atoms with E-state index in [0.29, 0.717) is 5.75 Å². The molecule has 0 aliphatic heterocycles. The van der Waals surface area contributed by atoms with E-state index in [-0.39, 0.29) is 5.75 Å². The molecule has 0 spiro atoms. The molecule has 0 saturated heterocycles. The molecule has 0 aliphatic carbocycles. The monoisotopic (exact) mass is 228 g/mol. The van der Waals surface area contributed by atoms with E-state index in [9.17, 15) is 10.2 Å². The number of hydrogen-bond acceptors (Lipinski definition) is 2. The SMILES string of the molecule is Cc1cc(-c2c(C)cccc2O)cc(C)c1O. The van der Waals surface area contributed by atoms with Crippen LogP contribution in [0.15, 0.2) is 30.3 Å². The van der Waals surface area contributed by atoms with Crippen molar-refractivity contribution in [3.8, 4) is 22.6 Å². The summed E-state index contributed by atoms with van der Waals surface area (Å²) in [4.78, 5) is 0. The number of rotatable bonds is 1. The Balaban J connectivity index is 2.69. The summed E-state index contributed by atoms with van der Waals surface area (Å²) < 4.78 is 0. The first-order valence-corrected chi connectivity index (χ1v) is 5.60. The summed E-state index contributed by atoms with van der Waals surface area (Å²) in [5, 5.41) is 19.7. The van der Waals surface area contributed by atoms with E-state index in [2.05, 4.69) is 0 Å².